The second kappa shape index (κ2) is 10.1. The van der Waals surface area contributed by atoms with Gasteiger partial charge < -0.3 is 20.9 Å². The van der Waals surface area contributed by atoms with E-state index in [1.807, 2.05) is 6.07 Å². The van der Waals surface area contributed by atoms with Gasteiger partial charge in [0.15, 0.2) is 0 Å². The summed E-state index contributed by atoms with van der Waals surface area (Å²) in [6, 6.07) is 10.5. The van der Waals surface area contributed by atoms with Crippen LogP contribution in [0, 0.1) is 11.8 Å². The molecule has 2 atom stereocenters. The van der Waals surface area contributed by atoms with Crippen LogP contribution in [0.15, 0.2) is 41.3 Å². The van der Waals surface area contributed by atoms with Gasteiger partial charge in [-0.1, -0.05) is 44.0 Å². The van der Waals surface area contributed by atoms with E-state index in [-0.39, 0.29) is 11.5 Å². The summed E-state index contributed by atoms with van der Waals surface area (Å²) in [7, 11) is 0. The SMILES string of the molecule is CCCCCNc1nc(N)nc2ccn(Cc3ccc(CN4CC5CNCC5C4)cc3)c(=O)c12. The lowest BCUT2D eigenvalue weighted by Gasteiger charge is -2.17. The van der Waals surface area contributed by atoms with Gasteiger partial charge in [0.2, 0.25) is 5.95 Å². The van der Waals surface area contributed by atoms with Crippen LogP contribution in [0.1, 0.15) is 37.3 Å². The molecule has 3 aromatic rings. The third-order valence-corrected chi connectivity index (χ3v) is 7.16. The van der Waals surface area contributed by atoms with E-state index in [1.165, 1.54) is 18.7 Å². The summed E-state index contributed by atoms with van der Waals surface area (Å²) < 4.78 is 1.72. The monoisotopic (exact) mass is 461 g/mol. The van der Waals surface area contributed by atoms with Crippen molar-refractivity contribution in [2.24, 2.45) is 11.8 Å². The zero-order valence-electron chi connectivity index (χ0n) is 20.0. The number of aromatic nitrogens is 3. The van der Waals surface area contributed by atoms with Crippen LogP contribution in [0.25, 0.3) is 10.9 Å². The lowest BCUT2D eigenvalue weighted by Crippen LogP contribution is -2.25. The Morgan fingerprint density at radius 2 is 1.74 bits per heavy atom. The average Bonchev–Trinajstić information content (AvgIpc) is 3.41. The molecule has 2 aliphatic rings. The van der Waals surface area contributed by atoms with Gasteiger partial charge in [0, 0.05) is 32.4 Å². The molecule has 5 rings (SSSR count). The summed E-state index contributed by atoms with van der Waals surface area (Å²) in [5.41, 5.74) is 8.79. The van der Waals surface area contributed by atoms with Crippen LogP contribution in [0.5, 0.6) is 0 Å². The minimum atomic E-state index is -0.100. The highest BCUT2D eigenvalue weighted by Gasteiger charge is 2.35. The molecule has 4 heterocycles. The number of nitrogens with zero attached hydrogens (tertiary/aromatic N) is 4. The molecular weight excluding hydrogens is 426 g/mol. The quantitative estimate of drug-likeness (QED) is 0.421. The van der Waals surface area contributed by atoms with Crippen LogP contribution in [0.4, 0.5) is 11.8 Å². The number of benzene rings is 1. The largest absolute Gasteiger partial charge is 0.369 e. The molecule has 180 valence electrons. The van der Waals surface area contributed by atoms with Crippen LogP contribution in [0.3, 0.4) is 0 Å². The molecule has 8 nitrogen and oxygen atoms in total. The highest BCUT2D eigenvalue weighted by Crippen LogP contribution is 2.27. The van der Waals surface area contributed by atoms with Crippen molar-refractivity contribution >= 4 is 22.7 Å². The number of pyridine rings is 1. The summed E-state index contributed by atoms with van der Waals surface area (Å²) in [5, 5.41) is 7.30. The van der Waals surface area contributed by atoms with Crippen molar-refractivity contribution in [1.82, 2.24) is 24.8 Å². The number of likely N-dealkylation sites (tertiary alicyclic amines) is 1. The maximum absolute atomic E-state index is 13.3. The van der Waals surface area contributed by atoms with Crippen molar-refractivity contribution in [2.45, 2.75) is 39.3 Å². The Morgan fingerprint density at radius 1 is 1.03 bits per heavy atom. The number of unbranched alkanes of at least 4 members (excludes halogenated alkanes) is 2. The molecular formula is C26H35N7O. The predicted octanol–water partition coefficient (Wildman–Crippen LogP) is 2.68. The predicted molar refractivity (Wildman–Crippen MR) is 137 cm³/mol. The Kier molecular flexibility index (Phi) is 6.78. The second-order valence-electron chi connectivity index (χ2n) is 9.76. The molecule has 0 bridgehead atoms. The smallest absolute Gasteiger partial charge is 0.264 e. The molecule has 2 aromatic heterocycles. The first kappa shape index (κ1) is 22.8. The number of nitrogens with two attached hydrogens (primary N) is 1. The van der Waals surface area contributed by atoms with Gasteiger partial charge in [-0.05, 0) is 48.5 Å². The van der Waals surface area contributed by atoms with Gasteiger partial charge in [-0.25, -0.2) is 4.98 Å². The Hall–Kier alpha value is -2.97. The first-order valence-corrected chi connectivity index (χ1v) is 12.5. The summed E-state index contributed by atoms with van der Waals surface area (Å²) in [6.07, 6.45) is 5.08. The fraction of sp³-hybridized carbons (Fsp3) is 0.500. The van der Waals surface area contributed by atoms with Crippen molar-refractivity contribution in [1.29, 1.82) is 0 Å². The van der Waals surface area contributed by atoms with Crippen molar-refractivity contribution < 1.29 is 0 Å². The molecule has 2 fully saturated rings. The van der Waals surface area contributed by atoms with Crippen molar-refractivity contribution in [2.75, 3.05) is 43.8 Å². The Bertz CT molecular complexity index is 1180. The molecule has 0 radical (unpaired) electrons. The average molecular weight is 462 g/mol. The zero-order valence-corrected chi connectivity index (χ0v) is 20.0. The maximum atomic E-state index is 13.3. The van der Waals surface area contributed by atoms with Crippen LogP contribution in [-0.2, 0) is 13.1 Å². The summed E-state index contributed by atoms with van der Waals surface area (Å²) in [6.45, 7) is 9.12. The van der Waals surface area contributed by atoms with E-state index in [0.29, 0.717) is 23.3 Å². The molecule has 0 saturated carbocycles. The number of hydrogen-bond acceptors (Lipinski definition) is 7. The third-order valence-electron chi connectivity index (χ3n) is 7.16. The molecule has 2 saturated heterocycles. The highest BCUT2D eigenvalue weighted by molar-refractivity contribution is 5.89. The first-order chi connectivity index (χ1) is 16.6. The van der Waals surface area contributed by atoms with Gasteiger partial charge >= 0.3 is 0 Å². The van der Waals surface area contributed by atoms with Crippen LogP contribution in [-0.4, -0.2) is 52.2 Å². The van der Waals surface area contributed by atoms with Gasteiger partial charge in [0.05, 0.1) is 12.1 Å². The zero-order chi connectivity index (χ0) is 23.5. The standard InChI is InChI=1S/C26H35N7O/c1-2-3-4-10-29-24-23-22(30-26(27)31-24)9-11-33(25(23)34)15-19-7-5-18(6-8-19)14-32-16-20-12-28-13-21(20)17-32/h5-9,11,20-21,28H,2-4,10,12-17H2,1H3,(H3,27,29,30,31). The maximum Gasteiger partial charge on any atom is 0.264 e. The van der Waals surface area contributed by atoms with Gasteiger partial charge in [-0.3, -0.25) is 9.69 Å². The Labute approximate surface area is 200 Å². The number of nitrogens with one attached hydrogen (secondary N) is 2. The van der Waals surface area contributed by atoms with Crippen LogP contribution >= 0.6 is 0 Å². The third kappa shape index (κ3) is 4.93. The number of fused-ring (bicyclic) bond motifs is 2. The Morgan fingerprint density at radius 3 is 2.44 bits per heavy atom. The van der Waals surface area contributed by atoms with E-state index in [0.717, 1.165) is 62.8 Å². The van der Waals surface area contributed by atoms with E-state index in [1.54, 1.807) is 10.8 Å². The van der Waals surface area contributed by atoms with Crippen molar-refractivity contribution in [3.8, 4) is 0 Å². The normalized spacial score (nSPS) is 20.1. The van der Waals surface area contributed by atoms with Gasteiger partial charge in [-0.15, -0.1) is 0 Å². The summed E-state index contributed by atoms with van der Waals surface area (Å²) in [4.78, 5) is 24.5. The lowest BCUT2D eigenvalue weighted by atomic mass is 10.0. The highest BCUT2D eigenvalue weighted by atomic mass is 16.1. The molecule has 1 aromatic carbocycles. The van der Waals surface area contributed by atoms with Gasteiger partial charge in [0.1, 0.15) is 11.2 Å². The minimum absolute atomic E-state index is 0.100. The molecule has 0 spiro atoms. The Balaban J connectivity index is 1.30. The molecule has 4 N–H and O–H groups in total. The van der Waals surface area contributed by atoms with Crippen LogP contribution in [0.2, 0.25) is 0 Å². The van der Waals surface area contributed by atoms with Crippen molar-refractivity contribution in [3.63, 3.8) is 0 Å². The van der Waals surface area contributed by atoms with Gasteiger partial charge in [0.25, 0.3) is 5.56 Å². The van der Waals surface area contributed by atoms with Crippen LogP contribution < -0.4 is 21.9 Å². The van der Waals surface area contributed by atoms with Gasteiger partial charge in [-0.2, -0.15) is 4.98 Å². The van der Waals surface area contributed by atoms with E-state index in [9.17, 15) is 4.79 Å². The number of anilines is 2. The first-order valence-electron chi connectivity index (χ1n) is 12.5. The summed E-state index contributed by atoms with van der Waals surface area (Å²) >= 11 is 0. The number of rotatable bonds is 9. The molecule has 8 heteroatoms. The number of hydrogen-bond donors (Lipinski definition) is 3. The molecule has 34 heavy (non-hydrogen) atoms. The number of nitrogen functional groups attached to an aromatic ring is 1. The molecule has 2 aliphatic heterocycles. The lowest BCUT2D eigenvalue weighted by molar-refractivity contribution is 0.305. The van der Waals surface area contributed by atoms with E-state index < -0.39 is 0 Å². The fourth-order valence-electron chi connectivity index (χ4n) is 5.32. The molecule has 0 aliphatic carbocycles. The molecule has 2 unspecified atom stereocenters. The second-order valence-corrected chi connectivity index (χ2v) is 9.76. The van der Waals surface area contributed by atoms with E-state index in [2.05, 4.69) is 56.7 Å². The topological polar surface area (TPSA) is 101 Å². The van der Waals surface area contributed by atoms with Crippen molar-refractivity contribution in [3.05, 3.63) is 58.0 Å². The summed E-state index contributed by atoms with van der Waals surface area (Å²) in [5.74, 6) is 2.32. The molecule has 0 amide bonds. The fourth-order valence-corrected chi connectivity index (χ4v) is 5.32. The minimum Gasteiger partial charge on any atom is -0.369 e. The van der Waals surface area contributed by atoms with E-state index in [4.69, 9.17) is 5.73 Å². The van der Waals surface area contributed by atoms with E-state index >= 15 is 0 Å².